The lowest BCUT2D eigenvalue weighted by atomic mass is 10.1. The molecular formula is C17H25N3O6S2. The lowest BCUT2D eigenvalue weighted by Crippen LogP contribution is -2.49. The van der Waals surface area contributed by atoms with Crippen molar-refractivity contribution in [2.75, 3.05) is 45.6 Å². The number of nitrogens with one attached hydrogen (secondary N) is 1. The predicted molar refractivity (Wildman–Crippen MR) is 103 cm³/mol. The van der Waals surface area contributed by atoms with Crippen LogP contribution in [0.5, 0.6) is 0 Å². The summed E-state index contributed by atoms with van der Waals surface area (Å²) in [6.45, 7) is 1.91. The molecule has 0 bridgehead atoms. The van der Waals surface area contributed by atoms with Crippen LogP contribution in [0.3, 0.4) is 0 Å². The normalized spacial score (nSPS) is 22.7. The Morgan fingerprint density at radius 2 is 1.82 bits per heavy atom. The average molecular weight is 432 g/mol. The number of benzene rings is 1. The minimum absolute atomic E-state index is 0.0588. The fraction of sp³-hybridized carbons (Fsp3) is 0.588. The van der Waals surface area contributed by atoms with Gasteiger partial charge in [0.2, 0.25) is 20.0 Å². The summed E-state index contributed by atoms with van der Waals surface area (Å²) in [4.78, 5) is 12.7. The predicted octanol–water partition coefficient (Wildman–Crippen LogP) is -0.139. The lowest BCUT2D eigenvalue weighted by molar-refractivity contribution is 0.0730. The molecule has 0 saturated carbocycles. The van der Waals surface area contributed by atoms with Crippen LogP contribution in [0.25, 0.3) is 0 Å². The van der Waals surface area contributed by atoms with Gasteiger partial charge in [-0.05, 0) is 31.0 Å². The van der Waals surface area contributed by atoms with E-state index in [2.05, 4.69) is 5.32 Å². The highest BCUT2D eigenvalue weighted by molar-refractivity contribution is 7.89. The number of hydrogen-bond donors (Lipinski definition) is 1. The van der Waals surface area contributed by atoms with E-state index in [1.54, 1.807) is 6.07 Å². The average Bonchev–Trinajstić information content (AvgIpc) is 2.68. The lowest BCUT2D eigenvalue weighted by Gasteiger charge is -2.31. The van der Waals surface area contributed by atoms with Gasteiger partial charge in [-0.3, -0.25) is 4.79 Å². The van der Waals surface area contributed by atoms with E-state index in [0.29, 0.717) is 32.6 Å². The van der Waals surface area contributed by atoms with E-state index in [0.717, 1.165) is 6.26 Å². The molecular weight excluding hydrogens is 406 g/mol. The van der Waals surface area contributed by atoms with Crippen LogP contribution in [0.2, 0.25) is 0 Å². The summed E-state index contributed by atoms with van der Waals surface area (Å²) >= 11 is 0. The molecule has 156 valence electrons. The minimum atomic E-state index is -3.69. The Bertz CT molecular complexity index is 926. The number of amides is 1. The van der Waals surface area contributed by atoms with Crippen LogP contribution in [-0.2, 0) is 24.8 Å². The highest BCUT2D eigenvalue weighted by atomic mass is 32.2. The van der Waals surface area contributed by atoms with Crippen molar-refractivity contribution in [1.82, 2.24) is 13.9 Å². The van der Waals surface area contributed by atoms with Gasteiger partial charge < -0.3 is 10.1 Å². The SMILES string of the molecule is CS(=O)(=O)N1CCCC(NC(=O)c2cccc(S(=O)(=O)N3CCOCC3)c2)C1. The molecule has 1 aromatic rings. The minimum Gasteiger partial charge on any atom is -0.379 e. The largest absolute Gasteiger partial charge is 0.379 e. The van der Waals surface area contributed by atoms with E-state index >= 15 is 0 Å². The molecule has 0 radical (unpaired) electrons. The summed E-state index contributed by atoms with van der Waals surface area (Å²) in [7, 11) is -7.00. The Labute approximate surface area is 165 Å². The zero-order valence-electron chi connectivity index (χ0n) is 15.7. The molecule has 2 heterocycles. The maximum Gasteiger partial charge on any atom is 0.251 e. The molecule has 2 saturated heterocycles. The highest BCUT2D eigenvalue weighted by Gasteiger charge is 2.29. The molecule has 9 nitrogen and oxygen atoms in total. The Kier molecular flexibility index (Phi) is 6.40. The third-order valence-electron chi connectivity index (χ3n) is 4.89. The van der Waals surface area contributed by atoms with Gasteiger partial charge in [0, 0.05) is 37.8 Å². The molecule has 1 amide bonds. The number of nitrogens with zero attached hydrogens (tertiary/aromatic N) is 2. The van der Waals surface area contributed by atoms with Gasteiger partial charge in [0.05, 0.1) is 24.4 Å². The van der Waals surface area contributed by atoms with Gasteiger partial charge in [0.25, 0.3) is 5.91 Å². The van der Waals surface area contributed by atoms with Crippen molar-refractivity contribution in [3.8, 4) is 0 Å². The van der Waals surface area contributed by atoms with Crippen molar-refractivity contribution >= 4 is 26.0 Å². The van der Waals surface area contributed by atoms with Crippen molar-refractivity contribution in [2.24, 2.45) is 0 Å². The second-order valence-corrected chi connectivity index (χ2v) is 10.9. The van der Waals surface area contributed by atoms with Crippen LogP contribution in [-0.4, -0.2) is 83.0 Å². The van der Waals surface area contributed by atoms with Crippen LogP contribution in [0, 0.1) is 0 Å². The third-order valence-corrected chi connectivity index (χ3v) is 8.06. The molecule has 0 aromatic heterocycles. The monoisotopic (exact) mass is 431 g/mol. The fourth-order valence-electron chi connectivity index (χ4n) is 3.36. The van der Waals surface area contributed by atoms with Crippen molar-refractivity contribution in [1.29, 1.82) is 0 Å². The van der Waals surface area contributed by atoms with E-state index in [4.69, 9.17) is 4.74 Å². The van der Waals surface area contributed by atoms with Crippen LogP contribution < -0.4 is 5.32 Å². The Hall–Kier alpha value is -1.53. The summed E-state index contributed by atoms with van der Waals surface area (Å²) in [5.74, 6) is -0.417. The van der Waals surface area contributed by atoms with Crippen LogP contribution in [0.15, 0.2) is 29.2 Å². The van der Waals surface area contributed by atoms with Gasteiger partial charge in [0.1, 0.15) is 0 Å². The smallest absolute Gasteiger partial charge is 0.251 e. The van der Waals surface area contributed by atoms with Gasteiger partial charge in [-0.2, -0.15) is 4.31 Å². The van der Waals surface area contributed by atoms with E-state index < -0.39 is 26.0 Å². The molecule has 2 aliphatic rings. The number of carbonyl (C=O) groups excluding carboxylic acids is 1. The molecule has 2 aliphatic heterocycles. The molecule has 1 unspecified atom stereocenters. The molecule has 2 fully saturated rings. The quantitative estimate of drug-likeness (QED) is 0.694. The van der Waals surface area contributed by atoms with Crippen LogP contribution >= 0.6 is 0 Å². The van der Waals surface area contributed by atoms with Gasteiger partial charge in [-0.1, -0.05) is 6.07 Å². The van der Waals surface area contributed by atoms with Gasteiger partial charge >= 0.3 is 0 Å². The Balaban J connectivity index is 1.72. The van der Waals surface area contributed by atoms with E-state index in [1.807, 2.05) is 0 Å². The first kappa shape index (κ1) is 21.2. The van der Waals surface area contributed by atoms with E-state index in [-0.39, 0.29) is 36.1 Å². The summed E-state index contributed by atoms with van der Waals surface area (Å²) < 4.78 is 56.9. The molecule has 1 atom stereocenters. The third kappa shape index (κ3) is 4.90. The van der Waals surface area contributed by atoms with Gasteiger partial charge in [0.15, 0.2) is 0 Å². The second kappa shape index (κ2) is 8.46. The molecule has 3 rings (SSSR count). The number of piperidine rings is 1. The number of hydrogen-bond acceptors (Lipinski definition) is 6. The van der Waals surface area contributed by atoms with Crippen molar-refractivity contribution in [3.05, 3.63) is 29.8 Å². The number of carbonyl (C=O) groups is 1. The van der Waals surface area contributed by atoms with Crippen molar-refractivity contribution in [3.63, 3.8) is 0 Å². The number of sulfonamides is 2. The maximum absolute atomic E-state index is 12.8. The van der Waals surface area contributed by atoms with Crippen molar-refractivity contribution in [2.45, 2.75) is 23.8 Å². The zero-order valence-corrected chi connectivity index (χ0v) is 17.3. The molecule has 0 spiro atoms. The molecule has 0 aliphatic carbocycles. The fourth-order valence-corrected chi connectivity index (χ4v) is 5.73. The Morgan fingerprint density at radius 1 is 1.11 bits per heavy atom. The van der Waals surface area contributed by atoms with E-state index in [9.17, 15) is 21.6 Å². The first-order valence-corrected chi connectivity index (χ1v) is 12.4. The van der Waals surface area contributed by atoms with Crippen molar-refractivity contribution < 1.29 is 26.4 Å². The first-order valence-electron chi connectivity index (χ1n) is 9.12. The summed E-state index contributed by atoms with van der Waals surface area (Å²) in [6, 6.07) is 5.59. The maximum atomic E-state index is 12.8. The summed E-state index contributed by atoms with van der Waals surface area (Å²) in [6.07, 6.45) is 2.48. The van der Waals surface area contributed by atoms with Gasteiger partial charge in [-0.15, -0.1) is 0 Å². The van der Waals surface area contributed by atoms with E-state index in [1.165, 1.54) is 26.8 Å². The molecule has 1 aromatic carbocycles. The summed E-state index contributed by atoms with van der Waals surface area (Å²) in [5.41, 5.74) is 0.228. The standard InChI is InChI=1S/C17H25N3O6S2/c1-27(22,23)20-7-3-5-15(13-20)18-17(21)14-4-2-6-16(12-14)28(24,25)19-8-10-26-11-9-19/h2,4,6,12,15H,3,5,7-11,13H2,1H3,(H,18,21). The molecule has 11 heteroatoms. The number of ether oxygens (including phenoxy) is 1. The molecule has 28 heavy (non-hydrogen) atoms. The van der Waals surface area contributed by atoms with Gasteiger partial charge in [-0.25, -0.2) is 21.1 Å². The zero-order chi connectivity index (χ0) is 20.4. The summed E-state index contributed by atoms with van der Waals surface area (Å²) in [5, 5.41) is 2.82. The van der Waals surface area contributed by atoms with Crippen LogP contribution in [0.4, 0.5) is 0 Å². The van der Waals surface area contributed by atoms with Crippen LogP contribution in [0.1, 0.15) is 23.2 Å². The molecule has 1 N–H and O–H groups in total. The highest BCUT2D eigenvalue weighted by Crippen LogP contribution is 2.19. The number of morpholine rings is 1. The topological polar surface area (TPSA) is 113 Å². The Morgan fingerprint density at radius 3 is 2.50 bits per heavy atom. The number of rotatable bonds is 5. The first-order chi connectivity index (χ1) is 13.2. The second-order valence-electron chi connectivity index (χ2n) is 6.98.